The molecule has 1 saturated carbocycles. The van der Waals surface area contributed by atoms with Crippen LogP contribution < -0.4 is 5.32 Å². The van der Waals surface area contributed by atoms with Crippen molar-refractivity contribution in [3.8, 4) is 0 Å². The zero-order valence-corrected chi connectivity index (χ0v) is 11.2. The minimum absolute atomic E-state index is 0.180. The monoisotopic (exact) mass is 270 g/mol. The summed E-state index contributed by atoms with van der Waals surface area (Å²) in [6.07, 6.45) is 1.34. The fraction of sp³-hybridized carbons (Fsp3) is 0.250. The van der Waals surface area contributed by atoms with E-state index in [0.29, 0.717) is 24.2 Å². The number of nitrogens with one attached hydrogen (secondary N) is 1. The summed E-state index contributed by atoms with van der Waals surface area (Å²) in [7, 11) is 0. The molecule has 1 aliphatic carbocycles. The molecule has 2 aromatic rings. The molecule has 0 unspecified atom stereocenters. The van der Waals surface area contributed by atoms with Crippen LogP contribution in [0.25, 0.3) is 0 Å². The van der Waals surface area contributed by atoms with Crippen LogP contribution in [0.3, 0.4) is 0 Å². The molecule has 1 N–H and O–H groups in total. The molecule has 0 atom stereocenters. The number of aromatic nitrogens is 1. The zero-order valence-electron chi connectivity index (χ0n) is 11.2. The molecule has 3 nitrogen and oxygen atoms in total. The van der Waals surface area contributed by atoms with Crippen molar-refractivity contribution in [2.75, 3.05) is 5.32 Å². The first-order valence-corrected chi connectivity index (χ1v) is 6.62. The first kappa shape index (κ1) is 12.8. The second-order valence-electron chi connectivity index (χ2n) is 5.18. The Morgan fingerprint density at radius 3 is 2.60 bits per heavy atom. The number of carbonyl (C=O) groups is 1. The smallest absolute Gasteiger partial charge is 0.236 e. The van der Waals surface area contributed by atoms with E-state index in [1.54, 1.807) is 24.3 Å². The quantitative estimate of drug-likeness (QED) is 0.930. The summed E-state index contributed by atoms with van der Waals surface area (Å²) in [5.74, 6) is 0.00988. The predicted octanol–water partition coefficient (Wildman–Crippen LogP) is 3.20. The maximum atomic E-state index is 13.9. The highest BCUT2D eigenvalue weighted by atomic mass is 19.1. The molecule has 1 aliphatic rings. The summed E-state index contributed by atoms with van der Waals surface area (Å²) in [5.41, 5.74) is 0.584. The van der Waals surface area contributed by atoms with Crippen LogP contribution in [0.15, 0.2) is 42.5 Å². The lowest BCUT2D eigenvalue weighted by molar-refractivity contribution is -0.118. The Balaban J connectivity index is 1.86. The van der Waals surface area contributed by atoms with E-state index in [9.17, 15) is 9.18 Å². The van der Waals surface area contributed by atoms with Crippen molar-refractivity contribution >= 4 is 11.7 Å². The third-order valence-electron chi connectivity index (χ3n) is 3.70. The lowest BCUT2D eigenvalue weighted by Gasteiger charge is -2.16. The van der Waals surface area contributed by atoms with E-state index in [0.717, 1.165) is 5.69 Å². The molecule has 1 amide bonds. The third-order valence-corrected chi connectivity index (χ3v) is 3.70. The van der Waals surface area contributed by atoms with Crippen molar-refractivity contribution in [1.29, 1.82) is 0 Å². The van der Waals surface area contributed by atoms with Crippen LogP contribution >= 0.6 is 0 Å². The fourth-order valence-electron chi connectivity index (χ4n) is 2.44. The number of hydrogen-bond acceptors (Lipinski definition) is 2. The van der Waals surface area contributed by atoms with Gasteiger partial charge in [-0.2, -0.15) is 0 Å². The standard InChI is InChI=1S/C16H15FN2O/c1-11-5-4-8-14(18-11)19-15(20)16(9-10-16)12-6-2-3-7-13(12)17/h2-8H,9-10H2,1H3,(H,18,19,20). The average molecular weight is 270 g/mol. The molecule has 4 heteroatoms. The van der Waals surface area contributed by atoms with E-state index in [1.165, 1.54) is 6.07 Å². The second-order valence-corrected chi connectivity index (χ2v) is 5.18. The summed E-state index contributed by atoms with van der Waals surface area (Å²) >= 11 is 0. The van der Waals surface area contributed by atoms with Crippen molar-refractivity contribution < 1.29 is 9.18 Å². The van der Waals surface area contributed by atoms with E-state index in [4.69, 9.17) is 0 Å². The van der Waals surface area contributed by atoms with Crippen LogP contribution in [0.4, 0.5) is 10.2 Å². The molecule has 1 fully saturated rings. The van der Waals surface area contributed by atoms with Crippen molar-refractivity contribution in [1.82, 2.24) is 4.98 Å². The Bertz CT molecular complexity index is 665. The maximum absolute atomic E-state index is 13.9. The lowest BCUT2D eigenvalue weighted by Crippen LogP contribution is -2.29. The van der Waals surface area contributed by atoms with Gasteiger partial charge in [-0.1, -0.05) is 24.3 Å². The van der Waals surface area contributed by atoms with E-state index in [1.807, 2.05) is 19.1 Å². The van der Waals surface area contributed by atoms with Gasteiger partial charge in [-0.25, -0.2) is 9.37 Å². The molecule has 3 rings (SSSR count). The highest BCUT2D eigenvalue weighted by Gasteiger charge is 2.52. The topological polar surface area (TPSA) is 42.0 Å². The van der Waals surface area contributed by atoms with Crippen LogP contribution in [0.5, 0.6) is 0 Å². The Morgan fingerprint density at radius 2 is 1.95 bits per heavy atom. The number of amides is 1. The second kappa shape index (κ2) is 4.71. The van der Waals surface area contributed by atoms with Crippen molar-refractivity contribution in [3.05, 3.63) is 59.5 Å². The molecule has 1 aromatic carbocycles. The number of aryl methyl sites for hydroxylation is 1. The van der Waals surface area contributed by atoms with Gasteiger partial charge >= 0.3 is 0 Å². The predicted molar refractivity (Wildman–Crippen MR) is 74.9 cm³/mol. The molecule has 0 spiro atoms. The van der Waals surface area contributed by atoms with E-state index >= 15 is 0 Å². The third kappa shape index (κ3) is 2.18. The van der Waals surface area contributed by atoms with Gasteiger partial charge in [0, 0.05) is 11.3 Å². The number of benzene rings is 1. The summed E-state index contributed by atoms with van der Waals surface area (Å²) in [6, 6.07) is 11.9. The number of pyridine rings is 1. The number of hydrogen-bond donors (Lipinski definition) is 1. The molecule has 0 bridgehead atoms. The summed E-state index contributed by atoms with van der Waals surface area (Å²) in [4.78, 5) is 16.7. The highest BCUT2D eigenvalue weighted by Crippen LogP contribution is 2.49. The number of nitrogens with zero attached hydrogens (tertiary/aromatic N) is 1. The molecule has 0 saturated heterocycles. The van der Waals surface area contributed by atoms with Crippen molar-refractivity contribution in [3.63, 3.8) is 0 Å². The largest absolute Gasteiger partial charge is 0.310 e. The minimum atomic E-state index is -0.725. The van der Waals surface area contributed by atoms with Crippen LogP contribution in [0.1, 0.15) is 24.1 Å². The van der Waals surface area contributed by atoms with Gasteiger partial charge in [-0.15, -0.1) is 0 Å². The molecule has 102 valence electrons. The number of halogens is 1. The molecule has 0 radical (unpaired) electrons. The summed E-state index contributed by atoms with van der Waals surface area (Å²) in [5, 5.41) is 2.79. The van der Waals surface area contributed by atoms with Crippen LogP contribution in [-0.4, -0.2) is 10.9 Å². The maximum Gasteiger partial charge on any atom is 0.236 e. The van der Waals surface area contributed by atoms with Crippen LogP contribution in [0, 0.1) is 12.7 Å². The van der Waals surface area contributed by atoms with Crippen LogP contribution in [0.2, 0.25) is 0 Å². The Labute approximate surface area is 116 Å². The van der Waals surface area contributed by atoms with Gasteiger partial charge in [-0.05, 0) is 38.0 Å². The zero-order chi connectivity index (χ0) is 14.2. The number of carbonyl (C=O) groups excluding carboxylic acids is 1. The van der Waals surface area contributed by atoms with Gasteiger partial charge in [0.1, 0.15) is 11.6 Å². The number of anilines is 1. The molecule has 1 heterocycles. The van der Waals surface area contributed by atoms with Gasteiger partial charge in [0.15, 0.2) is 0 Å². The van der Waals surface area contributed by atoms with Crippen molar-refractivity contribution in [2.45, 2.75) is 25.2 Å². The van der Waals surface area contributed by atoms with Gasteiger partial charge in [0.2, 0.25) is 5.91 Å². The number of rotatable bonds is 3. The average Bonchev–Trinajstić information content (AvgIpc) is 3.21. The first-order valence-electron chi connectivity index (χ1n) is 6.62. The minimum Gasteiger partial charge on any atom is -0.310 e. The first-order chi connectivity index (χ1) is 9.62. The normalized spacial score (nSPS) is 15.7. The molecule has 0 aliphatic heterocycles. The molecular weight excluding hydrogens is 255 g/mol. The van der Waals surface area contributed by atoms with E-state index in [-0.39, 0.29) is 11.7 Å². The van der Waals surface area contributed by atoms with Gasteiger partial charge < -0.3 is 5.32 Å². The van der Waals surface area contributed by atoms with Gasteiger partial charge in [0.25, 0.3) is 0 Å². The Hall–Kier alpha value is -2.23. The van der Waals surface area contributed by atoms with Gasteiger partial charge in [-0.3, -0.25) is 4.79 Å². The Morgan fingerprint density at radius 1 is 1.20 bits per heavy atom. The molecule has 20 heavy (non-hydrogen) atoms. The SMILES string of the molecule is Cc1cccc(NC(=O)C2(c3ccccc3F)CC2)n1. The molecular formula is C16H15FN2O. The molecule has 1 aromatic heterocycles. The fourth-order valence-corrected chi connectivity index (χ4v) is 2.44. The summed E-state index contributed by atoms with van der Waals surface area (Å²) < 4.78 is 13.9. The van der Waals surface area contributed by atoms with Crippen LogP contribution in [-0.2, 0) is 10.2 Å². The summed E-state index contributed by atoms with van der Waals surface area (Å²) in [6.45, 7) is 1.86. The lowest BCUT2D eigenvalue weighted by atomic mass is 9.94. The highest BCUT2D eigenvalue weighted by molar-refractivity contribution is 6.00. The van der Waals surface area contributed by atoms with Gasteiger partial charge in [0.05, 0.1) is 5.41 Å². The van der Waals surface area contributed by atoms with Crippen molar-refractivity contribution in [2.24, 2.45) is 0 Å². The van der Waals surface area contributed by atoms with E-state index < -0.39 is 5.41 Å². The van der Waals surface area contributed by atoms with E-state index in [2.05, 4.69) is 10.3 Å². The Kier molecular flexibility index (Phi) is 3.01.